The molecular weight excluding hydrogens is 418 g/mol. The molecule has 0 heterocycles. The lowest BCUT2D eigenvalue weighted by atomic mass is 10.1. The summed E-state index contributed by atoms with van der Waals surface area (Å²) in [5, 5.41) is 37.4. The third kappa shape index (κ3) is 17.5. The molecule has 0 aromatic heterocycles. The highest BCUT2D eigenvalue weighted by atomic mass is 32.2. The molecule has 0 saturated heterocycles. The molecule has 0 aliphatic rings. The van der Waals surface area contributed by atoms with Crippen molar-refractivity contribution in [2.45, 2.75) is 75.4 Å². The maximum Gasteiger partial charge on any atom is 0.321 e. The molecule has 6 N–H and O–H groups in total. The van der Waals surface area contributed by atoms with Gasteiger partial charge >= 0.3 is 11.9 Å². The molecule has 7 nitrogen and oxygen atoms in total. The second-order valence-corrected chi connectivity index (χ2v) is 8.41. The maximum absolute atomic E-state index is 10.9. The second-order valence-electron chi connectivity index (χ2n) is 7.20. The molecule has 4 unspecified atom stereocenters. The van der Waals surface area contributed by atoms with Gasteiger partial charge in [-0.15, -0.1) is 11.8 Å². The van der Waals surface area contributed by atoms with Crippen LogP contribution in [0.5, 0.6) is 0 Å². The first-order valence-electron chi connectivity index (χ1n) is 10.6. The number of hydrogen-bond acceptors (Lipinski definition) is 6. The number of rotatable bonds is 18. The number of unbranched alkanes of at least 4 members (excludes halogenated alkanes) is 2. The molecule has 0 aliphatic carbocycles. The summed E-state index contributed by atoms with van der Waals surface area (Å²) < 4.78 is 0. The minimum Gasteiger partial charge on any atom is -0.481 e. The molecular formula is C23H37NO6S. The molecule has 0 saturated carbocycles. The molecule has 176 valence electrons. The van der Waals surface area contributed by atoms with Crippen LogP contribution in [0.25, 0.3) is 0 Å². The summed E-state index contributed by atoms with van der Waals surface area (Å²) in [5.74, 6) is -1.89. The zero-order valence-corrected chi connectivity index (χ0v) is 19.0. The number of carbonyl (C=O) groups is 2. The number of aliphatic carboxylic acids is 2. The fourth-order valence-corrected chi connectivity index (χ4v) is 3.66. The standard InChI is InChI=1S/C23H37NO6S/c1-2-3-8-12-18(25)13-9-6-4-5-7-10-15-21(31-17-19(24)23(29)30)20(26)14-11-16-22(27)28/h4-7,9-10,13,15,18-21,25-26H,2-3,8,11-12,14,16-17,24H2,1H3,(H,27,28)(H,29,30)/b6-4?,7-5+,13-9?,15-10+. The van der Waals surface area contributed by atoms with E-state index in [1.807, 2.05) is 12.2 Å². The number of allylic oxidation sites excluding steroid dienone is 6. The van der Waals surface area contributed by atoms with Crippen LogP contribution in [0.2, 0.25) is 0 Å². The third-order valence-corrected chi connectivity index (χ3v) is 5.76. The number of carboxylic acids is 2. The van der Waals surface area contributed by atoms with Crippen LogP contribution in [0.1, 0.15) is 51.9 Å². The molecule has 0 rings (SSSR count). The number of thioether (sulfide) groups is 1. The van der Waals surface area contributed by atoms with Crippen LogP contribution < -0.4 is 5.73 Å². The van der Waals surface area contributed by atoms with Crippen molar-refractivity contribution in [1.82, 2.24) is 0 Å². The van der Waals surface area contributed by atoms with E-state index >= 15 is 0 Å². The molecule has 0 amide bonds. The van der Waals surface area contributed by atoms with Crippen LogP contribution in [0.15, 0.2) is 48.6 Å². The van der Waals surface area contributed by atoms with Gasteiger partial charge in [0, 0.05) is 17.4 Å². The monoisotopic (exact) mass is 455 g/mol. The van der Waals surface area contributed by atoms with E-state index in [1.54, 1.807) is 36.5 Å². The highest BCUT2D eigenvalue weighted by Gasteiger charge is 2.20. The number of nitrogens with two attached hydrogens (primary N) is 1. The third-order valence-electron chi connectivity index (χ3n) is 4.35. The number of carboxylic acid groups (broad SMARTS) is 2. The number of hydrogen-bond donors (Lipinski definition) is 5. The molecule has 0 bridgehead atoms. The summed E-state index contributed by atoms with van der Waals surface area (Å²) in [7, 11) is 0. The van der Waals surface area contributed by atoms with E-state index in [9.17, 15) is 19.8 Å². The lowest BCUT2D eigenvalue weighted by Gasteiger charge is -2.20. The van der Waals surface area contributed by atoms with Crippen molar-refractivity contribution in [1.29, 1.82) is 0 Å². The summed E-state index contributed by atoms with van der Waals surface area (Å²) in [5.41, 5.74) is 5.53. The Balaban J connectivity index is 4.63. The predicted molar refractivity (Wildman–Crippen MR) is 126 cm³/mol. The molecule has 0 fully saturated rings. The highest BCUT2D eigenvalue weighted by Crippen LogP contribution is 2.21. The van der Waals surface area contributed by atoms with Gasteiger partial charge in [0.2, 0.25) is 0 Å². The zero-order chi connectivity index (χ0) is 23.5. The Kier molecular flexibility index (Phi) is 17.7. The van der Waals surface area contributed by atoms with Gasteiger partial charge in [-0.3, -0.25) is 9.59 Å². The SMILES string of the molecule is CCCCCC(O)C=CC=C/C=C/C=C/C(SCC(N)C(=O)O)C(O)CCCC(=O)O. The van der Waals surface area contributed by atoms with Gasteiger partial charge < -0.3 is 26.2 Å². The van der Waals surface area contributed by atoms with E-state index in [1.165, 1.54) is 11.8 Å². The largest absolute Gasteiger partial charge is 0.481 e. The first kappa shape index (κ1) is 29.1. The summed E-state index contributed by atoms with van der Waals surface area (Å²) in [6, 6.07) is -1.03. The summed E-state index contributed by atoms with van der Waals surface area (Å²) in [6.45, 7) is 2.12. The van der Waals surface area contributed by atoms with E-state index in [0.717, 1.165) is 25.7 Å². The number of aliphatic hydroxyl groups excluding tert-OH is 2. The average molecular weight is 456 g/mol. The van der Waals surface area contributed by atoms with Crippen LogP contribution in [0.4, 0.5) is 0 Å². The molecule has 8 heteroatoms. The molecule has 4 atom stereocenters. The van der Waals surface area contributed by atoms with Crippen molar-refractivity contribution in [3.63, 3.8) is 0 Å². The summed E-state index contributed by atoms with van der Waals surface area (Å²) >= 11 is 1.23. The van der Waals surface area contributed by atoms with Crippen molar-refractivity contribution >= 4 is 23.7 Å². The molecule has 0 spiro atoms. The van der Waals surface area contributed by atoms with E-state index < -0.39 is 35.4 Å². The van der Waals surface area contributed by atoms with Gasteiger partial charge in [0.05, 0.1) is 12.2 Å². The van der Waals surface area contributed by atoms with Gasteiger partial charge in [0.1, 0.15) is 6.04 Å². The first-order chi connectivity index (χ1) is 14.8. The molecule has 0 aliphatic heterocycles. The van der Waals surface area contributed by atoms with E-state index in [0.29, 0.717) is 12.8 Å². The van der Waals surface area contributed by atoms with Crippen molar-refractivity contribution < 1.29 is 30.0 Å². The molecule has 0 aromatic carbocycles. The average Bonchev–Trinajstić information content (AvgIpc) is 2.71. The lowest BCUT2D eigenvalue weighted by molar-refractivity contribution is -0.138. The summed E-state index contributed by atoms with van der Waals surface area (Å²) in [6.07, 6.45) is 17.6. The minimum absolute atomic E-state index is 0.0294. The van der Waals surface area contributed by atoms with Crippen LogP contribution >= 0.6 is 11.8 Å². The van der Waals surface area contributed by atoms with E-state index in [4.69, 9.17) is 15.9 Å². The van der Waals surface area contributed by atoms with Crippen LogP contribution in [0, 0.1) is 0 Å². The van der Waals surface area contributed by atoms with Gasteiger partial charge in [0.15, 0.2) is 0 Å². The van der Waals surface area contributed by atoms with Gasteiger partial charge in [-0.05, 0) is 19.3 Å². The van der Waals surface area contributed by atoms with Gasteiger partial charge in [0.25, 0.3) is 0 Å². The van der Waals surface area contributed by atoms with Crippen LogP contribution in [-0.4, -0.2) is 61.6 Å². The minimum atomic E-state index is -1.11. The molecule has 0 aromatic rings. The smallest absolute Gasteiger partial charge is 0.321 e. The maximum atomic E-state index is 10.9. The Labute approximate surface area is 189 Å². The Morgan fingerprint density at radius 2 is 1.52 bits per heavy atom. The number of aliphatic hydroxyl groups is 2. The normalized spacial score (nSPS) is 16.4. The van der Waals surface area contributed by atoms with Crippen LogP contribution in [0.3, 0.4) is 0 Å². The van der Waals surface area contributed by atoms with Crippen molar-refractivity contribution in [3.8, 4) is 0 Å². The highest BCUT2D eigenvalue weighted by molar-refractivity contribution is 8.00. The van der Waals surface area contributed by atoms with Gasteiger partial charge in [-0.2, -0.15) is 0 Å². The van der Waals surface area contributed by atoms with Crippen molar-refractivity contribution in [3.05, 3.63) is 48.6 Å². The Morgan fingerprint density at radius 3 is 2.10 bits per heavy atom. The topological polar surface area (TPSA) is 141 Å². The molecule has 0 radical (unpaired) electrons. The van der Waals surface area contributed by atoms with Crippen molar-refractivity contribution in [2.75, 3.05) is 5.75 Å². The van der Waals surface area contributed by atoms with Gasteiger partial charge in [-0.25, -0.2) is 0 Å². The fourth-order valence-electron chi connectivity index (χ4n) is 2.53. The molecule has 31 heavy (non-hydrogen) atoms. The summed E-state index contributed by atoms with van der Waals surface area (Å²) in [4.78, 5) is 21.5. The van der Waals surface area contributed by atoms with Gasteiger partial charge in [-0.1, -0.05) is 74.8 Å². The Bertz CT molecular complexity index is 617. The fraction of sp³-hybridized carbons (Fsp3) is 0.565. The van der Waals surface area contributed by atoms with E-state index in [2.05, 4.69) is 6.92 Å². The van der Waals surface area contributed by atoms with Crippen LogP contribution in [-0.2, 0) is 9.59 Å². The zero-order valence-electron chi connectivity index (χ0n) is 18.2. The Hall–Kier alpha value is -1.87. The quantitative estimate of drug-likeness (QED) is 0.157. The first-order valence-corrected chi connectivity index (χ1v) is 11.7. The van der Waals surface area contributed by atoms with E-state index in [-0.39, 0.29) is 12.2 Å². The Morgan fingerprint density at radius 1 is 0.903 bits per heavy atom. The second kappa shape index (κ2) is 18.9. The predicted octanol–water partition coefficient (Wildman–Crippen LogP) is 3.28. The van der Waals surface area contributed by atoms with Crippen molar-refractivity contribution in [2.24, 2.45) is 5.73 Å². The lowest BCUT2D eigenvalue weighted by Crippen LogP contribution is -2.34.